The predicted octanol–water partition coefficient (Wildman–Crippen LogP) is 3.07. The quantitative estimate of drug-likeness (QED) is 0.760. The Labute approximate surface area is 158 Å². The van der Waals surface area contributed by atoms with Crippen LogP contribution in [-0.2, 0) is 10.5 Å². The lowest BCUT2D eigenvalue weighted by Crippen LogP contribution is -2.57. The maximum Gasteiger partial charge on any atom is 0.254 e. The molecule has 1 aliphatic rings. The number of hydrogen-bond acceptors (Lipinski definition) is 4. The molecule has 2 amide bonds. The van der Waals surface area contributed by atoms with Crippen LogP contribution < -0.4 is 0 Å². The van der Waals surface area contributed by atoms with Crippen LogP contribution in [0.25, 0.3) is 0 Å². The highest BCUT2D eigenvalue weighted by molar-refractivity contribution is 7.98. The van der Waals surface area contributed by atoms with E-state index >= 15 is 0 Å². The predicted molar refractivity (Wildman–Crippen MR) is 103 cm³/mol. The second kappa shape index (κ2) is 8.36. The molecule has 5 nitrogen and oxygen atoms in total. The van der Waals surface area contributed by atoms with Crippen LogP contribution >= 0.6 is 11.8 Å². The lowest BCUT2D eigenvalue weighted by Gasteiger charge is -2.38. The fourth-order valence-electron chi connectivity index (χ4n) is 3.05. The monoisotopic (exact) mass is 369 g/mol. The maximum atomic E-state index is 12.9. The van der Waals surface area contributed by atoms with E-state index in [2.05, 4.69) is 4.98 Å². The van der Waals surface area contributed by atoms with Crippen LogP contribution in [0, 0.1) is 0 Å². The summed E-state index contributed by atoms with van der Waals surface area (Å²) in [5.41, 5.74) is 1.77. The van der Waals surface area contributed by atoms with Gasteiger partial charge in [-0.1, -0.05) is 25.1 Å². The van der Waals surface area contributed by atoms with Crippen molar-refractivity contribution in [3.05, 3.63) is 59.8 Å². The summed E-state index contributed by atoms with van der Waals surface area (Å²) in [7, 11) is 1.79. The number of rotatable bonds is 5. The van der Waals surface area contributed by atoms with E-state index in [1.807, 2.05) is 49.4 Å². The number of hydrogen-bond donors (Lipinski definition) is 0. The Bertz CT molecular complexity index is 764. The zero-order valence-electron chi connectivity index (χ0n) is 15.1. The zero-order chi connectivity index (χ0) is 18.5. The molecule has 2 aromatic rings. The molecule has 1 aromatic heterocycles. The molecular weight excluding hydrogens is 346 g/mol. The minimum absolute atomic E-state index is 0.0236. The smallest absolute Gasteiger partial charge is 0.254 e. The molecule has 0 aliphatic carbocycles. The van der Waals surface area contributed by atoms with Gasteiger partial charge in [0.2, 0.25) is 5.91 Å². The van der Waals surface area contributed by atoms with Gasteiger partial charge < -0.3 is 9.80 Å². The number of carbonyl (C=O) groups excluding carboxylic acids is 2. The first-order valence-corrected chi connectivity index (χ1v) is 9.77. The van der Waals surface area contributed by atoms with Crippen LogP contribution in [0.4, 0.5) is 0 Å². The van der Waals surface area contributed by atoms with Crippen molar-refractivity contribution >= 4 is 23.6 Å². The van der Waals surface area contributed by atoms with Crippen molar-refractivity contribution in [1.82, 2.24) is 14.8 Å². The van der Waals surface area contributed by atoms with Crippen molar-refractivity contribution in [1.29, 1.82) is 0 Å². The Morgan fingerprint density at radius 1 is 1.19 bits per heavy atom. The van der Waals surface area contributed by atoms with Crippen molar-refractivity contribution in [2.24, 2.45) is 0 Å². The molecule has 0 spiro atoms. The molecular formula is C20H23N3O2S. The van der Waals surface area contributed by atoms with Crippen LogP contribution in [0.1, 0.15) is 29.3 Å². The van der Waals surface area contributed by atoms with E-state index in [9.17, 15) is 9.59 Å². The number of thioether (sulfide) groups is 1. The second-order valence-electron chi connectivity index (χ2n) is 6.34. The lowest BCUT2D eigenvalue weighted by molar-refractivity contribution is -0.138. The Kier molecular flexibility index (Phi) is 5.93. The average Bonchev–Trinajstić information content (AvgIpc) is 2.69. The van der Waals surface area contributed by atoms with Crippen molar-refractivity contribution < 1.29 is 9.59 Å². The summed E-state index contributed by atoms with van der Waals surface area (Å²) in [6.07, 6.45) is 2.42. The van der Waals surface area contributed by atoms with Crippen LogP contribution in [0.15, 0.2) is 53.7 Å². The van der Waals surface area contributed by atoms with Gasteiger partial charge in [-0.25, -0.2) is 4.98 Å². The van der Waals surface area contributed by atoms with Gasteiger partial charge in [-0.15, -0.1) is 11.8 Å². The molecule has 1 aliphatic heterocycles. The SMILES string of the molecule is CC[C@@H]1C(=O)N(C)CCN1C(=O)c1ccc(CSc2ccccn2)cc1. The summed E-state index contributed by atoms with van der Waals surface area (Å²) in [5.74, 6) is 0.758. The highest BCUT2D eigenvalue weighted by Gasteiger charge is 2.34. The Morgan fingerprint density at radius 2 is 1.96 bits per heavy atom. The molecule has 3 rings (SSSR count). The lowest BCUT2D eigenvalue weighted by atomic mass is 10.1. The molecule has 0 N–H and O–H groups in total. The molecule has 1 saturated heterocycles. The number of piperazine rings is 1. The summed E-state index contributed by atoms with van der Waals surface area (Å²) in [4.78, 5) is 32.9. The maximum absolute atomic E-state index is 12.9. The van der Waals surface area contributed by atoms with Gasteiger partial charge in [-0.05, 0) is 36.2 Å². The number of carbonyl (C=O) groups is 2. The van der Waals surface area contributed by atoms with Crippen molar-refractivity contribution in [3.63, 3.8) is 0 Å². The van der Waals surface area contributed by atoms with Crippen LogP contribution in [-0.4, -0.2) is 52.8 Å². The highest BCUT2D eigenvalue weighted by Crippen LogP contribution is 2.22. The highest BCUT2D eigenvalue weighted by atomic mass is 32.2. The summed E-state index contributed by atoms with van der Waals surface area (Å²) < 4.78 is 0. The average molecular weight is 369 g/mol. The van der Waals surface area contributed by atoms with E-state index in [1.165, 1.54) is 0 Å². The van der Waals surface area contributed by atoms with E-state index in [0.29, 0.717) is 25.1 Å². The van der Waals surface area contributed by atoms with Gasteiger partial charge in [0.1, 0.15) is 6.04 Å². The number of nitrogens with zero attached hydrogens (tertiary/aromatic N) is 3. The Hall–Kier alpha value is -2.34. The molecule has 26 heavy (non-hydrogen) atoms. The van der Waals surface area contributed by atoms with Crippen LogP contribution in [0.2, 0.25) is 0 Å². The van der Waals surface area contributed by atoms with Crippen LogP contribution in [0.5, 0.6) is 0 Å². The van der Waals surface area contributed by atoms with E-state index < -0.39 is 0 Å². The van der Waals surface area contributed by atoms with Gasteiger partial charge >= 0.3 is 0 Å². The van der Waals surface area contributed by atoms with Crippen molar-refractivity contribution in [2.75, 3.05) is 20.1 Å². The Morgan fingerprint density at radius 3 is 2.62 bits per heavy atom. The minimum atomic E-state index is -0.361. The number of benzene rings is 1. The first kappa shape index (κ1) is 18.5. The fraction of sp³-hybridized carbons (Fsp3) is 0.350. The van der Waals surface area contributed by atoms with Gasteiger partial charge in [0, 0.05) is 37.7 Å². The van der Waals surface area contributed by atoms with Gasteiger partial charge in [-0.2, -0.15) is 0 Å². The largest absolute Gasteiger partial charge is 0.342 e. The van der Waals surface area contributed by atoms with E-state index in [1.54, 1.807) is 34.8 Å². The number of amides is 2. The van der Waals surface area contributed by atoms with Gasteiger partial charge in [0.05, 0.1) is 5.03 Å². The minimum Gasteiger partial charge on any atom is -0.342 e. The zero-order valence-corrected chi connectivity index (χ0v) is 15.9. The first-order valence-electron chi connectivity index (χ1n) is 8.79. The third-order valence-electron chi connectivity index (χ3n) is 4.59. The number of aromatic nitrogens is 1. The number of pyridine rings is 1. The van der Waals surface area contributed by atoms with Gasteiger partial charge in [0.25, 0.3) is 5.91 Å². The molecule has 0 radical (unpaired) electrons. The second-order valence-corrected chi connectivity index (χ2v) is 7.33. The third kappa shape index (κ3) is 4.07. The number of likely N-dealkylation sites (N-methyl/N-ethyl adjacent to an activating group) is 1. The molecule has 0 unspecified atom stereocenters. The Balaban J connectivity index is 1.66. The summed E-state index contributed by atoms with van der Waals surface area (Å²) in [5, 5.41) is 0.981. The summed E-state index contributed by atoms with van der Waals surface area (Å²) >= 11 is 1.66. The van der Waals surface area contributed by atoms with Gasteiger partial charge in [0.15, 0.2) is 0 Å². The third-order valence-corrected chi connectivity index (χ3v) is 5.60. The van der Waals surface area contributed by atoms with Gasteiger partial charge in [-0.3, -0.25) is 9.59 Å². The summed E-state index contributed by atoms with van der Waals surface area (Å²) in [6, 6.07) is 13.1. The van der Waals surface area contributed by atoms with Crippen LogP contribution in [0.3, 0.4) is 0 Å². The molecule has 1 aromatic carbocycles. The normalized spacial score (nSPS) is 17.5. The molecule has 0 bridgehead atoms. The molecule has 1 fully saturated rings. The molecule has 1 atom stereocenters. The standard InChI is InChI=1S/C20H23N3O2S/c1-3-17-20(25)22(2)12-13-23(17)19(24)16-9-7-15(8-10-16)14-26-18-6-4-5-11-21-18/h4-11,17H,3,12-14H2,1-2H3/t17-/m1/s1. The molecule has 136 valence electrons. The van der Waals surface area contributed by atoms with E-state index in [4.69, 9.17) is 0 Å². The molecule has 2 heterocycles. The summed E-state index contributed by atoms with van der Waals surface area (Å²) in [6.45, 7) is 3.11. The van der Waals surface area contributed by atoms with Crippen molar-refractivity contribution in [2.45, 2.75) is 30.2 Å². The van der Waals surface area contributed by atoms with E-state index in [0.717, 1.165) is 16.3 Å². The molecule has 6 heteroatoms. The topological polar surface area (TPSA) is 53.5 Å². The fourth-order valence-corrected chi connectivity index (χ4v) is 3.87. The van der Waals surface area contributed by atoms with Crippen molar-refractivity contribution in [3.8, 4) is 0 Å². The molecule has 0 saturated carbocycles. The van der Waals surface area contributed by atoms with E-state index in [-0.39, 0.29) is 17.9 Å². The first-order chi connectivity index (χ1) is 12.6.